The Hall–Kier alpha value is -2.00. The predicted molar refractivity (Wildman–Crippen MR) is 130 cm³/mol. The molecule has 0 fully saturated rings. The van der Waals surface area contributed by atoms with E-state index in [0.717, 1.165) is 35.6 Å². The van der Waals surface area contributed by atoms with Crippen molar-refractivity contribution >= 4 is 41.5 Å². The van der Waals surface area contributed by atoms with Gasteiger partial charge in [-0.3, -0.25) is 0 Å². The number of rotatable bonds is 7. The van der Waals surface area contributed by atoms with Gasteiger partial charge in [-0.05, 0) is 18.6 Å². The first kappa shape index (κ1) is 23.3. The van der Waals surface area contributed by atoms with Gasteiger partial charge in [0.05, 0.1) is 11.6 Å². The first-order chi connectivity index (χ1) is 13.6. The van der Waals surface area contributed by atoms with E-state index in [-0.39, 0.29) is 24.0 Å². The van der Waals surface area contributed by atoms with Gasteiger partial charge in [-0.25, -0.2) is 9.98 Å². The SMILES string of the molecule is CCNC(=NCc1nccn1Cc1ccccc1)N(C)Cc1cc(Cl)cn1C.I. The molecule has 0 saturated carbocycles. The normalized spacial score (nSPS) is 11.2. The highest BCUT2D eigenvalue weighted by Gasteiger charge is 2.11. The van der Waals surface area contributed by atoms with Crippen LogP contribution < -0.4 is 5.32 Å². The van der Waals surface area contributed by atoms with Crippen LogP contribution in [0, 0.1) is 0 Å². The molecule has 0 unspecified atom stereocenters. The fourth-order valence-corrected chi connectivity index (χ4v) is 3.34. The molecule has 1 aromatic carbocycles. The van der Waals surface area contributed by atoms with Gasteiger partial charge in [-0.2, -0.15) is 0 Å². The fourth-order valence-electron chi connectivity index (χ4n) is 3.07. The van der Waals surface area contributed by atoms with Gasteiger partial charge in [0, 0.05) is 51.5 Å². The Morgan fingerprint density at radius 1 is 1.28 bits per heavy atom. The Balaban J connectivity index is 0.00000300. The largest absolute Gasteiger partial charge is 0.357 e. The maximum atomic E-state index is 6.11. The van der Waals surface area contributed by atoms with Crippen molar-refractivity contribution in [2.75, 3.05) is 13.6 Å². The maximum absolute atomic E-state index is 6.11. The van der Waals surface area contributed by atoms with Crippen molar-refractivity contribution in [2.45, 2.75) is 26.6 Å². The Morgan fingerprint density at radius 2 is 2.03 bits per heavy atom. The molecule has 0 aliphatic carbocycles. The van der Waals surface area contributed by atoms with Gasteiger partial charge in [-0.15, -0.1) is 24.0 Å². The van der Waals surface area contributed by atoms with Gasteiger partial charge in [0.15, 0.2) is 5.96 Å². The lowest BCUT2D eigenvalue weighted by molar-refractivity contribution is 0.461. The van der Waals surface area contributed by atoms with E-state index in [0.29, 0.717) is 13.1 Å². The zero-order valence-electron chi connectivity index (χ0n) is 17.0. The molecule has 0 spiro atoms. The Labute approximate surface area is 194 Å². The van der Waals surface area contributed by atoms with Gasteiger partial charge >= 0.3 is 0 Å². The van der Waals surface area contributed by atoms with Crippen LogP contribution in [0.4, 0.5) is 0 Å². The zero-order chi connectivity index (χ0) is 19.9. The number of aromatic nitrogens is 3. The molecule has 0 amide bonds. The van der Waals surface area contributed by atoms with Gasteiger partial charge < -0.3 is 19.4 Å². The monoisotopic (exact) mass is 526 g/mol. The summed E-state index contributed by atoms with van der Waals surface area (Å²) in [6.45, 7) is 4.89. The van der Waals surface area contributed by atoms with Crippen molar-refractivity contribution in [3.05, 3.63) is 77.1 Å². The number of halogens is 2. The summed E-state index contributed by atoms with van der Waals surface area (Å²) in [5.74, 6) is 1.78. The molecule has 29 heavy (non-hydrogen) atoms. The zero-order valence-corrected chi connectivity index (χ0v) is 20.1. The summed E-state index contributed by atoms with van der Waals surface area (Å²) < 4.78 is 4.17. The van der Waals surface area contributed by atoms with Crippen LogP contribution in [0.5, 0.6) is 0 Å². The molecule has 6 nitrogen and oxygen atoms in total. The molecule has 1 N–H and O–H groups in total. The molecule has 8 heteroatoms. The minimum Gasteiger partial charge on any atom is -0.357 e. The third-order valence-electron chi connectivity index (χ3n) is 4.54. The van der Waals surface area contributed by atoms with E-state index >= 15 is 0 Å². The van der Waals surface area contributed by atoms with Crippen molar-refractivity contribution in [2.24, 2.45) is 12.0 Å². The summed E-state index contributed by atoms with van der Waals surface area (Å²) >= 11 is 6.11. The molecule has 0 radical (unpaired) electrons. The maximum Gasteiger partial charge on any atom is 0.194 e. The van der Waals surface area contributed by atoms with Gasteiger partial charge in [-0.1, -0.05) is 41.9 Å². The van der Waals surface area contributed by atoms with Crippen LogP contribution in [-0.4, -0.2) is 38.6 Å². The van der Waals surface area contributed by atoms with Gasteiger partial charge in [0.2, 0.25) is 0 Å². The number of nitrogens with one attached hydrogen (secondary N) is 1. The van der Waals surface area contributed by atoms with Crippen LogP contribution in [0.1, 0.15) is 24.0 Å². The highest BCUT2D eigenvalue weighted by atomic mass is 127. The highest BCUT2D eigenvalue weighted by Crippen LogP contribution is 2.14. The average Bonchev–Trinajstić information content (AvgIpc) is 3.25. The van der Waals surface area contributed by atoms with Gasteiger partial charge in [0.25, 0.3) is 0 Å². The summed E-state index contributed by atoms with van der Waals surface area (Å²) in [5.41, 5.74) is 2.37. The van der Waals surface area contributed by atoms with Crippen LogP contribution >= 0.6 is 35.6 Å². The molecule has 0 aliphatic rings. The molecule has 3 aromatic rings. The van der Waals surface area contributed by atoms with Gasteiger partial charge in [0.1, 0.15) is 12.4 Å². The second-order valence-corrected chi connectivity index (χ2v) is 7.18. The van der Waals surface area contributed by atoms with Crippen molar-refractivity contribution in [1.29, 1.82) is 0 Å². The van der Waals surface area contributed by atoms with Crippen molar-refractivity contribution < 1.29 is 0 Å². The van der Waals surface area contributed by atoms with E-state index in [1.807, 2.05) is 49.4 Å². The fraction of sp³-hybridized carbons (Fsp3) is 0.333. The van der Waals surface area contributed by atoms with E-state index in [1.165, 1.54) is 5.56 Å². The Kier molecular flexibility index (Phi) is 9.03. The van der Waals surface area contributed by atoms with Crippen LogP contribution in [0.3, 0.4) is 0 Å². The lowest BCUT2D eigenvalue weighted by Crippen LogP contribution is -2.38. The van der Waals surface area contributed by atoms with Crippen LogP contribution in [-0.2, 0) is 26.7 Å². The number of nitrogens with zero attached hydrogens (tertiary/aromatic N) is 5. The highest BCUT2D eigenvalue weighted by molar-refractivity contribution is 14.0. The lowest BCUT2D eigenvalue weighted by Gasteiger charge is -2.22. The minimum absolute atomic E-state index is 0. The number of guanidine groups is 1. The van der Waals surface area contributed by atoms with Crippen molar-refractivity contribution in [3.63, 3.8) is 0 Å². The number of hydrogen-bond acceptors (Lipinski definition) is 2. The summed E-state index contributed by atoms with van der Waals surface area (Å²) in [7, 11) is 4.03. The third kappa shape index (κ3) is 6.50. The number of aliphatic imine (C=N–C) groups is 1. The molecule has 2 heterocycles. The van der Waals surface area contributed by atoms with Crippen LogP contribution in [0.2, 0.25) is 5.02 Å². The summed E-state index contributed by atoms with van der Waals surface area (Å²) in [5, 5.41) is 4.10. The van der Waals surface area contributed by atoms with Crippen LogP contribution in [0.15, 0.2) is 60.0 Å². The predicted octanol–water partition coefficient (Wildman–Crippen LogP) is 4.14. The number of imidazole rings is 1. The standard InChI is InChI=1S/C21H27ClN6.HI/c1-4-23-21(27(3)16-19-12-18(22)15-26(19)2)25-13-20-24-10-11-28(20)14-17-8-6-5-7-9-17;/h5-12,15H,4,13-14,16H2,1-3H3,(H,23,25);1H. The minimum atomic E-state index is 0. The Morgan fingerprint density at radius 3 is 2.69 bits per heavy atom. The molecule has 0 aliphatic heterocycles. The number of benzene rings is 1. The van der Waals surface area contributed by atoms with E-state index in [1.54, 1.807) is 0 Å². The first-order valence-electron chi connectivity index (χ1n) is 9.41. The second-order valence-electron chi connectivity index (χ2n) is 6.74. The number of aryl methyl sites for hydroxylation is 1. The van der Waals surface area contributed by atoms with Crippen molar-refractivity contribution in [3.8, 4) is 0 Å². The molecule has 0 bridgehead atoms. The molecule has 3 rings (SSSR count). The first-order valence-corrected chi connectivity index (χ1v) is 9.78. The van der Waals surface area contributed by atoms with Crippen LogP contribution in [0.25, 0.3) is 0 Å². The Bertz CT molecular complexity index is 918. The summed E-state index contributed by atoms with van der Waals surface area (Å²) in [6.07, 6.45) is 5.74. The summed E-state index contributed by atoms with van der Waals surface area (Å²) in [6, 6.07) is 12.4. The van der Waals surface area contributed by atoms with Crippen molar-refractivity contribution in [1.82, 2.24) is 24.3 Å². The average molecular weight is 527 g/mol. The molecular weight excluding hydrogens is 499 g/mol. The van der Waals surface area contributed by atoms with E-state index in [4.69, 9.17) is 16.6 Å². The molecule has 0 atom stereocenters. The summed E-state index contributed by atoms with van der Waals surface area (Å²) in [4.78, 5) is 11.4. The quantitative estimate of drug-likeness (QED) is 0.286. The molecule has 2 aromatic heterocycles. The lowest BCUT2D eigenvalue weighted by atomic mass is 10.2. The third-order valence-corrected chi connectivity index (χ3v) is 4.74. The molecule has 0 saturated heterocycles. The van der Waals surface area contributed by atoms with E-state index in [9.17, 15) is 0 Å². The second kappa shape index (κ2) is 11.3. The van der Waals surface area contributed by atoms with E-state index in [2.05, 4.69) is 51.0 Å². The smallest absolute Gasteiger partial charge is 0.194 e. The molecule has 156 valence electrons. The topological polar surface area (TPSA) is 50.4 Å². The van der Waals surface area contributed by atoms with E-state index < -0.39 is 0 Å². The molecular formula is C21H28ClIN6. The number of hydrogen-bond donors (Lipinski definition) is 1.